The first-order valence-electron chi connectivity index (χ1n) is 8.79. The molecule has 2 bridgehead atoms. The average Bonchev–Trinajstić information content (AvgIpc) is 2.56. The Hall–Kier alpha value is 0.200. The fourth-order valence-corrected chi connectivity index (χ4v) is 4.99. The third-order valence-corrected chi connectivity index (χ3v) is 7.40. The lowest BCUT2D eigenvalue weighted by Crippen LogP contribution is -2.64. The van der Waals surface area contributed by atoms with Crippen molar-refractivity contribution in [2.75, 3.05) is 5.75 Å². The zero-order valence-corrected chi connectivity index (χ0v) is 16.9. The van der Waals surface area contributed by atoms with Crippen LogP contribution in [-0.2, 0) is 16.1 Å². The van der Waals surface area contributed by atoms with Crippen molar-refractivity contribution in [1.82, 2.24) is 4.72 Å². The molecule has 4 N–H and O–H groups in total. The molecule has 0 radical (unpaired) electrons. The van der Waals surface area contributed by atoms with Gasteiger partial charge in [0.15, 0.2) is 0 Å². The molecule has 6 unspecified atom stereocenters. The lowest BCUT2D eigenvalue weighted by atomic mass is 9.88. The van der Waals surface area contributed by atoms with E-state index in [1.807, 2.05) is 33.8 Å². The lowest BCUT2D eigenvalue weighted by Gasteiger charge is -2.44. The van der Waals surface area contributed by atoms with Crippen molar-refractivity contribution in [2.24, 2.45) is 5.92 Å². The number of aliphatic hydroxyl groups is 3. The Morgan fingerprint density at radius 1 is 1.20 bits per heavy atom. The summed E-state index contributed by atoms with van der Waals surface area (Å²) in [4.78, 5) is 0. The standard InChI is InChI=1S/C17H31NO5S2/c1-10-8-6-5-7-9-24-16-14(21)12(19)13(20)15(23-16)11(10)18-25(22)17(2,3)4/h6,8,10-16,18-21H,5,7,9H2,1-4H3/b8-6+/t10-,11-,12?,13?,14?,15?,16?,25?/m1/s1. The molecule has 0 spiro atoms. The molecule has 0 saturated carbocycles. The topological polar surface area (TPSA) is 105 Å². The van der Waals surface area contributed by atoms with E-state index in [1.54, 1.807) is 0 Å². The van der Waals surface area contributed by atoms with Gasteiger partial charge in [-0.1, -0.05) is 19.1 Å². The smallest absolute Gasteiger partial charge is 0.136 e. The average molecular weight is 394 g/mol. The Bertz CT molecular complexity index is 459. The van der Waals surface area contributed by atoms with Crippen LogP contribution in [0.3, 0.4) is 0 Å². The largest absolute Gasteiger partial charge is 0.598 e. The maximum absolute atomic E-state index is 12.6. The van der Waals surface area contributed by atoms with Crippen LogP contribution < -0.4 is 4.72 Å². The molecule has 146 valence electrons. The van der Waals surface area contributed by atoms with Crippen LogP contribution in [0.4, 0.5) is 0 Å². The highest BCUT2D eigenvalue weighted by atomic mass is 32.2. The van der Waals surface area contributed by atoms with Crippen molar-refractivity contribution in [3.8, 4) is 0 Å². The number of nitrogens with one attached hydrogen (secondary N) is 1. The molecule has 0 aromatic carbocycles. The van der Waals surface area contributed by atoms with Gasteiger partial charge in [-0.15, -0.1) is 16.5 Å². The van der Waals surface area contributed by atoms with Gasteiger partial charge in [-0.2, -0.15) is 0 Å². The van der Waals surface area contributed by atoms with E-state index in [9.17, 15) is 19.9 Å². The predicted molar refractivity (Wildman–Crippen MR) is 101 cm³/mol. The molecular formula is C17H31NO5S2. The Labute approximate surface area is 157 Å². The first kappa shape index (κ1) is 21.5. The van der Waals surface area contributed by atoms with E-state index in [-0.39, 0.29) is 5.92 Å². The highest BCUT2D eigenvalue weighted by molar-refractivity contribution is 7.99. The summed E-state index contributed by atoms with van der Waals surface area (Å²) in [6.07, 6.45) is 1.53. The van der Waals surface area contributed by atoms with E-state index < -0.39 is 52.0 Å². The molecule has 2 heterocycles. The second-order valence-corrected chi connectivity index (χ2v) is 11.0. The molecule has 2 rings (SSSR count). The number of hydrogen-bond acceptors (Lipinski definition) is 7. The molecule has 2 aliphatic rings. The highest BCUT2D eigenvalue weighted by Gasteiger charge is 2.49. The summed E-state index contributed by atoms with van der Waals surface area (Å²) in [7, 11) is 0. The van der Waals surface area contributed by atoms with Gasteiger partial charge in [0, 0.05) is 11.4 Å². The van der Waals surface area contributed by atoms with E-state index in [0.29, 0.717) is 0 Å². The van der Waals surface area contributed by atoms with Gasteiger partial charge in [0.05, 0.1) is 6.04 Å². The lowest BCUT2D eigenvalue weighted by molar-refractivity contribution is -0.205. The Balaban J connectivity index is 2.30. The summed E-state index contributed by atoms with van der Waals surface area (Å²) in [6, 6.07) is -0.449. The summed E-state index contributed by atoms with van der Waals surface area (Å²) in [5.74, 6) is 0.735. The monoisotopic (exact) mass is 393 g/mol. The molecule has 0 amide bonds. The summed E-state index contributed by atoms with van der Waals surface area (Å²) in [6.45, 7) is 7.59. The SMILES string of the molecule is C[C@@H]1/C=C/CCCSC2OC(C(O)C(O)C2O)[C@@H]1N[S+]([O-])C(C)(C)C. The Morgan fingerprint density at radius 2 is 1.88 bits per heavy atom. The maximum atomic E-state index is 12.6. The van der Waals surface area contributed by atoms with Gasteiger partial charge in [-0.05, 0) is 45.3 Å². The molecule has 1 saturated heterocycles. The minimum absolute atomic E-state index is 0.0582. The minimum atomic E-state index is -1.35. The molecule has 1 fully saturated rings. The first-order chi connectivity index (χ1) is 11.6. The number of fused-ring (bicyclic) bond motifs is 2. The second-order valence-electron chi connectivity index (χ2n) is 7.77. The molecule has 6 nitrogen and oxygen atoms in total. The van der Waals surface area contributed by atoms with Crippen molar-refractivity contribution < 1.29 is 24.6 Å². The number of thioether (sulfide) groups is 1. The molecule has 0 aliphatic carbocycles. The van der Waals surface area contributed by atoms with Gasteiger partial charge in [0.1, 0.15) is 34.6 Å². The molecule has 8 atom stereocenters. The van der Waals surface area contributed by atoms with Crippen molar-refractivity contribution in [3.05, 3.63) is 12.2 Å². The highest BCUT2D eigenvalue weighted by Crippen LogP contribution is 2.33. The van der Waals surface area contributed by atoms with Crippen LogP contribution in [0.2, 0.25) is 0 Å². The summed E-state index contributed by atoms with van der Waals surface area (Å²) >= 11 is 0.0913. The number of allylic oxidation sites excluding steroid dienone is 1. The van der Waals surface area contributed by atoms with Gasteiger partial charge in [0.25, 0.3) is 0 Å². The van der Waals surface area contributed by atoms with Crippen molar-refractivity contribution >= 4 is 23.1 Å². The maximum Gasteiger partial charge on any atom is 0.136 e. The predicted octanol–water partition coefficient (Wildman–Crippen LogP) is 0.934. The summed E-state index contributed by atoms with van der Waals surface area (Å²) in [5.41, 5.74) is -0.610. The van der Waals surface area contributed by atoms with Crippen molar-refractivity contribution in [1.29, 1.82) is 0 Å². The number of ether oxygens (including phenoxy) is 1. The quantitative estimate of drug-likeness (QED) is 0.409. The van der Waals surface area contributed by atoms with E-state index in [1.165, 1.54) is 11.8 Å². The third-order valence-electron chi connectivity index (χ3n) is 4.56. The third kappa shape index (κ3) is 5.35. The van der Waals surface area contributed by atoms with E-state index in [2.05, 4.69) is 10.8 Å². The zero-order chi connectivity index (χ0) is 18.8. The molecular weight excluding hydrogens is 362 g/mol. The van der Waals surface area contributed by atoms with Gasteiger partial charge < -0.3 is 24.6 Å². The zero-order valence-electron chi connectivity index (χ0n) is 15.3. The van der Waals surface area contributed by atoms with Crippen LogP contribution in [0.25, 0.3) is 0 Å². The van der Waals surface area contributed by atoms with Crippen LogP contribution in [0.15, 0.2) is 12.2 Å². The van der Waals surface area contributed by atoms with Gasteiger partial charge in [-0.25, -0.2) is 0 Å². The minimum Gasteiger partial charge on any atom is -0.598 e. The Kier molecular flexibility index (Phi) is 7.68. The first-order valence-corrected chi connectivity index (χ1v) is 11.0. The molecule has 25 heavy (non-hydrogen) atoms. The normalized spacial score (nSPS) is 43.1. The van der Waals surface area contributed by atoms with E-state index >= 15 is 0 Å². The van der Waals surface area contributed by atoms with Crippen LogP contribution in [0, 0.1) is 5.92 Å². The number of rotatable bonds is 2. The summed E-state index contributed by atoms with van der Waals surface area (Å²) in [5, 5.41) is 31.0. The van der Waals surface area contributed by atoms with Crippen LogP contribution in [0.1, 0.15) is 40.5 Å². The fourth-order valence-electron chi connectivity index (χ4n) is 2.91. The van der Waals surface area contributed by atoms with Crippen molar-refractivity contribution in [2.45, 2.75) is 81.2 Å². The molecule has 0 aromatic heterocycles. The molecule has 8 heteroatoms. The van der Waals surface area contributed by atoms with Crippen LogP contribution in [-0.4, -0.2) is 66.3 Å². The van der Waals surface area contributed by atoms with Crippen molar-refractivity contribution in [3.63, 3.8) is 0 Å². The van der Waals surface area contributed by atoms with Gasteiger partial charge in [-0.3, -0.25) is 0 Å². The van der Waals surface area contributed by atoms with E-state index in [0.717, 1.165) is 18.6 Å². The van der Waals surface area contributed by atoms with Crippen LogP contribution in [0.5, 0.6) is 0 Å². The van der Waals surface area contributed by atoms with Gasteiger partial charge >= 0.3 is 0 Å². The van der Waals surface area contributed by atoms with Gasteiger partial charge in [0.2, 0.25) is 0 Å². The second kappa shape index (κ2) is 8.93. The molecule has 2 aliphatic heterocycles. The van der Waals surface area contributed by atoms with E-state index in [4.69, 9.17) is 4.74 Å². The molecule has 0 aromatic rings. The van der Waals surface area contributed by atoms with Crippen LogP contribution >= 0.6 is 11.8 Å². The number of hydrogen-bond donors (Lipinski definition) is 4. The Morgan fingerprint density at radius 3 is 2.52 bits per heavy atom. The summed E-state index contributed by atoms with van der Waals surface area (Å²) < 4.78 is 21.2. The fraction of sp³-hybridized carbons (Fsp3) is 0.882. The number of aliphatic hydroxyl groups excluding tert-OH is 3.